The first-order chi connectivity index (χ1) is 39.6. The highest BCUT2D eigenvalue weighted by Crippen LogP contribution is 2.17. The predicted molar refractivity (Wildman–Crippen MR) is 352 cm³/mol. The second kappa shape index (κ2) is 69.3. The summed E-state index contributed by atoms with van der Waals surface area (Å²) in [7, 11) is 0. The van der Waals surface area contributed by atoms with Crippen LogP contribution >= 0.6 is 0 Å². The molecule has 0 aliphatic carbocycles. The Morgan fingerprint density at radius 2 is 0.537 bits per heavy atom. The first kappa shape index (κ1) is 76.0. The van der Waals surface area contributed by atoms with Crippen molar-refractivity contribution in [3.05, 3.63) is 134 Å². The number of allylic oxidation sites excluding steroid dienone is 22. The second-order valence-corrected chi connectivity index (χ2v) is 22.2. The van der Waals surface area contributed by atoms with Gasteiger partial charge in [0.2, 0.25) is 0 Å². The summed E-state index contributed by atoms with van der Waals surface area (Å²) in [4.78, 5) is 24.6. The molecule has 1 N–H and O–H groups in total. The van der Waals surface area contributed by atoms with Crippen LogP contribution in [0.3, 0.4) is 0 Å². The van der Waals surface area contributed by atoms with Crippen LogP contribution in [0.1, 0.15) is 309 Å². The molecule has 5 nitrogen and oxygen atoms in total. The molecule has 0 fully saturated rings. The van der Waals surface area contributed by atoms with Gasteiger partial charge in [0.1, 0.15) is 6.61 Å². The summed E-state index contributed by atoms with van der Waals surface area (Å²) in [5.41, 5.74) is 0. The van der Waals surface area contributed by atoms with Gasteiger partial charge < -0.3 is 14.6 Å². The zero-order valence-electron chi connectivity index (χ0n) is 52.3. The highest BCUT2D eigenvalue weighted by molar-refractivity contribution is 5.70. The average molecular weight is 1110 g/mol. The lowest BCUT2D eigenvalue weighted by molar-refractivity contribution is -0.161. The SMILES string of the molecule is CC/C=C\C/C=C\C/C=C\C/C=C\C/C=C\C/C=C\C/C=C\C/C=C\C/C=C\C/C=C\C/C=C\CCCCCCCC(=O)OC(CO)COC(=O)CCCCCCCCCCCCCCCCCCCCCCCCCCCCC. The molecule has 1 atom stereocenters. The number of hydrogen-bond donors (Lipinski definition) is 1. The third-order valence-electron chi connectivity index (χ3n) is 14.5. The van der Waals surface area contributed by atoms with Gasteiger partial charge >= 0.3 is 11.9 Å². The van der Waals surface area contributed by atoms with E-state index in [9.17, 15) is 14.7 Å². The molecule has 0 spiro atoms. The van der Waals surface area contributed by atoms with Crippen molar-refractivity contribution in [3.63, 3.8) is 0 Å². The van der Waals surface area contributed by atoms with Gasteiger partial charge in [-0.2, -0.15) is 0 Å². The lowest BCUT2D eigenvalue weighted by Gasteiger charge is -2.15. The molecule has 5 heteroatoms. The standard InChI is InChI=1S/C75H126O5/c1-3-5-7-9-11-13-15-17-19-21-23-25-27-29-31-32-33-34-35-36-37-38-39-40-41-42-44-46-48-50-52-54-56-58-60-62-64-66-68-70-75(78)80-73(71-76)72-79-74(77)69-67-65-63-61-59-57-55-53-51-49-47-45-43-30-28-26-24-22-20-18-16-14-12-10-8-6-4-2/h5,7,11,13,17,19,23,25,29,31,33-34,36-37,39-40,42,44,48,50,54,56,73,76H,3-4,6,8-10,12,14-16,18,20-22,24,26-28,30,32,35,38,41,43,45-47,49,51-53,55,57-72H2,1-2H3/b7-5-,13-11-,19-17-,25-23-,31-29-,34-33-,37-36-,40-39-,44-42-,50-48-,56-54-. The number of hydrogen-bond acceptors (Lipinski definition) is 5. The molecule has 0 saturated heterocycles. The van der Waals surface area contributed by atoms with E-state index < -0.39 is 6.10 Å². The van der Waals surface area contributed by atoms with Crippen LogP contribution in [0.25, 0.3) is 0 Å². The number of aliphatic hydroxyl groups is 1. The van der Waals surface area contributed by atoms with Crippen molar-refractivity contribution in [3.8, 4) is 0 Å². The van der Waals surface area contributed by atoms with Gasteiger partial charge in [0.25, 0.3) is 0 Å². The van der Waals surface area contributed by atoms with Crippen molar-refractivity contribution < 1.29 is 24.2 Å². The zero-order chi connectivity index (χ0) is 57.6. The fraction of sp³-hybridized carbons (Fsp3) is 0.680. The lowest BCUT2D eigenvalue weighted by Crippen LogP contribution is -2.28. The van der Waals surface area contributed by atoms with Crippen molar-refractivity contribution in [2.24, 2.45) is 0 Å². The van der Waals surface area contributed by atoms with Gasteiger partial charge in [-0.05, 0) is 96.3 Å². The highest BCUT2D eigenvalue weighted by Gasteiger charge is 2.16. The molecule has 80 heavy (non-hydrogen) atoms. The zero-order valence-corrected chi connectivity index (χ0v) is 52.3. The largest absolute Gasteiger partial charge is 0.462 e. The Kier molecular flexibility index (Phi) is 65.9. The minimum atomic E-state index is -0.791. The average Bonchev–Trinajstić information content (AvgIpc) is 3.46. The summed E-state index contributed by atoms with van der Waals surface area (Å²) < 4.78 is 10.7. The van der Waals surface area contributed by atoms with Gasteiger partial charge in [0, 0.05) is 12.8 Å². The van der Waals surface area contributed by atoms with E-state index in [1.165, 1.54) is 154 Å². The smallest absolute Gasteiger partial charge is 0.306 e. The van der Waals surface area contributed by atoms with Gasteiger partial charge in [-0.3, -0.25) is 9.59 Å². The summed E-state index contributed by atoms with van der Waals surface area (Å²) in [6.07, 6.45) is 103. The van der Waals surface area contributed by atoms with E-state index in [2.05, 4.69) is 148 Å². The molecule has 456 valence electrons. The van der Waals surface area contributed by atoms with Crippen LogP contribution in [-0.2, 0) is 19.1 Å². The fourth-order valence-electron chi connectivity index (χ4n) is 9.45. The third-order valence-corrected chi connectivity index (χ3v) is 14.5. The number of ether oxygens (including phenoxy) is 2. The van der Waals surface area contributed by atoms with Gasteiger partial charge in [-0.1, -0.05) is 334 Å². The molecular weight excluding hydrogens is 981 g/mol. The minimum absolute atomic E-state index is 0.0778. The van der Waals surface area contributed by atoms with Crippen LogP contribution in [-0.4, -0.2) is 36.4 Å². The Morgan fingerprint density at radius 3 is 0.812 bits per heavy atom. The molecule has 0 aromatic carbocycles. The number of carbonyl (C=O) groups is 2. The van der Waals surface area contributed by atoms with Crippen molar-refractivity contribution in [2.75, 3.05) is 13.2 Å². The Morgan fingerprint density at radius 1 is 0.300 bits per heavy atom. The minimum Gasteiger partial charge on any atom is -0.462 e. The van der Waals surface area contributed by atoms with Crippen LogP contribution in [0.2, 0.25) is 0 Å². The number of unbranched alkanes of at least 4 members (excludes halogenated alkanes) is 31. The first-order valence-corrected chi connectivity index (χ1v) is 33.7. The molecule has 0 aromatic heterocycles. The molecule has 0 aliphatic heterocycles. The molecule has 1 unspecified atom stereocenters. The van der Waals surface area contributed by atoms with Gasteiger partial charge in [0.15, 0.2) is 6.10 Å². The first-order valence-electron chi connectivity index (χ1n) is 33.7. The van der Waals surface area contributed by atoms with E-state index in [-0.39, 0.29) is 25.2 Å². The molecule has 0 bridgehead atoms. The highest BCUT2D eigenvalue weighted by atomic mass is 16.6. The van der Waals surface area contributed by atoms with Crippen LogP contribution in [0.5, 0.6) is 0 Å². The maximum Gasteiger partial charge on any atom is 0.306 e. The summed E-state index contributed by atoms with van der Waals surface area (Å²) in [5.74, 6) is -0.609. The van der Waals surface area contributed by atoms with Crippen molar-refractivity contribution in [1.82, 2.24) is 0 Å². The molecule has 0 aliphatic rings. The van der Waals surface area contributed by atoms with Crippen LogP contribution < -0.4 is 0 Å². The molecule has 0 aromatic rings. The van der Waals surface area contributed by atoms with E-state index in [4.69, 9.17) is 9.47 Å². The second-order valence-electron chi connectivity index (χ2n) is 22.2. The van der Waals surface area contributed by atoms with Crippen molar-refractivity contribution in [1.29, 1.82) is 0 Å². The molecular formula is C75H126O5. The Hall–Kier alpha value is -3.96. The van der Waals surface area contributed by atoms with E-state index in [1.54, 1.807) is 0 Å². The van der Waals surface area contributed by atoms with Crippen LogP contribution in [0, 0.1) is 0 Å². The van der Waals surface area contributed by atoms with E-state index >= 15 is 0 Å². The molecule has 0 saturated carbocycles. The Balaban J connectivity index is 3.58. The lowest BCUT2D eigenvalue weighted by atomic mass is 10.0. The summed E-state index contributed by atoms with van der Waals surface area (Å²) in [6.45, 7) is 4.04. The summed E-state index contributed by atoms with van der Waals surface area (Å²) in [5, 5.41) is 9.69. The third kappa shape index (κ3) is 66.6. The van der Waals surface area contributed by atoms with Gasteiger partial charge in [-0.25, -0.2) is 0 Å². The molecule has 0 heterocycles. The Bertz CT molecular complexity index is 1630. The van der Waals surface area contributed by atoms with Gasteiger partial charge in [-0.15, -0.1) is 0 Å². The normalized spacial score (nSPS) is 13.1. The quantitative estimate of drug-likeness (QED) is 0.0373. The molecule has 0 amide bonds. The number of rotatable bonds is 61. The summed E-state index contributed by atoms with van der Waals surface area (Å²) >= 11 is 0. The predicted octanol–water partition coefficient (Wildman–Crippen LogP) is 23.5. The number of aliphatic hydroxyl groups excluding tert-OH is 1. The Labute approximate surface area is 496 Å². The van der Waals surface area contributed by atoms with Crippen molar-refractivity contribution >= 4 is 11.9 Å². The molecule has 0 rings (SSSR count). The number of esters is 2. The van der Waals surface area contributed by atoms with Gasteiger partial charge in [0.05, 0.1) is 6.61 Å². The fourth-order valence-corrected chi connectivity index (χ4v) is 9.45. The van der Waals surface area contributed by atoms with E-state index in [0.717, 1.165) is 128 Å². The summed E-state index contributed by atoms with van der Waals surface area (Å²) in [6, 6.07) is 0. The van der Waals surface area contributed by atoms with E-state index in [1.807, 2.05) is 0 Å². The maximum absolute atomic E-state index is 12.3. The monoisotopic (exact) mass is 1110 g/mol. The van der Waals surface area contributed by atoms with Crippen molar-refractivity contribution in [2.45, 2.75) is 315 Å². The topological polar surface area (TPSA) is 72.8 Å². The number of carbonyl (C=O) groups excluding carboxylic acids is 2. The van der Waals surface area contributed by atoms with E-state index in [0.29, 0.717) is 12.8 Å². The molecule has 0 radical (unpaired) electrons. The van der Waals surface area contributed by atoms with Crippen LogP contribution in [0.4, 0.5) is 0 Å². The van der Waals surface area contributed by atoms with Crippen LogP contribution in [0.15, 0.2) is 134 Å². The maximum atomic E-state index is 12.3.